The summed E-state index contributed by atoms with van der Waals surface area (Å²) in [7, 11) is 0.759. The molecule has 2 aliphatic rings. The van der Waals surface area contributed by atoms with E-state index in [9.17, 15) is 0 Å². The van der Waals surface area contributed by atoms with Crippen molar-refractivity contribution in [2.24, 2.45) is 5.41 Å². The number of fused-ring (bicyclic) bond motifs is 1. The van der Waals surface area contributed by atoms with Gasteiger partial charge in [0.2, 0.25) is 0 Å². The van der Waals surface area contributed by atoms with Crippen LogP contribution in [0.4, 0.5) is 0 Å². The maximum atomic E-state index is 2.46. The Balaban J connectivity index is 0.00000160. The van der Waals surface area contributed by atoms with Gasteiger partial charge in [0.1, 0.15) is 0 Å². The summed E-state index contributed by atoms with van der Waals surface area (Å²) in [5.41, 5.74) is 9.80. The van der Waals surface area contributed by atoms with E-state index in [4.69, 9.17) is 0 Å². The predicted octanol–water partition coefficient (Wildman–Crippen LogP) is 1.22. The maximum Gasteiger partial charge on any atom is -1.00 e. The second-order valence-corrected chi connectivity index (χ2v) is 14.8. The average molecular weight is 622 g/mol. The molecular formula is C26H29Cl2HfP. The Morgan fingerprint density at radius 3 is 2.00 bits per heavy atom. The third-order valence-corrected chi connectivity index (χ3v) is 16.6. The number of hydrogen-bond donors (Lipinski definition) is 0. The first-order chi connectivity index (χ1) is 13.3. The molecule has 2 aromatic carbocycles. The first-order valence-electron chi connectivity index (χ1n) is 10.1. The van der Waals surface area contributed by atoms with Gasteiger partial charge in [0.25, 0.3) is 0 Å². The van der Waals surface area contributed by atoms with Crippen molar-refractivity contribution < 1.29 is 47.7 Å². The molecule has 0 radical (unpaired) electrons. The molecule has 0 amide bonds. The van der Waals surface area contributed by atoms with Crippen molar-refractivity contribution >= 4 is 19.2 Å². The summed E-state index contributed by atoms with van der Waals surface area (Å²) in [6.45, 7) is 14.4. The van der Waals surface area contributed by atoms with Gasteiger partial charge >= 0.3 is 184 Å². The first-order valence-corrected chi connectivity index (χ1v) is 15.0. The van der Waals surface area contributed by atoms with Crippen molar-refractivity contribution in [2.75, 3.05) is 0 Å². The summed E-state index contributed by atoms with van der Waals surface area (Å²) in [4.78, 5) is 0. The zero-order chi connectivity index (χ0) is 20.1. The average Bonchev–Trinajstić information content (AvgIpc) is 3.03. The van der Waals surface area contributed by atoms with E-state index in [1.54, 1.807) is 33.2 Å². The van der Waals surface area contributed by atoms with Crippen LogP contribution in [0.25, 0.3) is 5.31 Å². The van der Waals surface area contributed by atoms with Crippen LogP contribution < -0.4 is 30.1 Å². The molecule has 0 aromatic heterocycles. The van der Waals surface area contributed by atoms with Crippen LogP contribution in [0.1, 0.15) is 56.3 Å². The van der Waals surface area contributed by atoms with Gasteiger partial charge in [-0.25, -0.2) is 0 Å². The fraction of sp³-hybridized carbons (Fsp3) is 0.308. The second kappa shape index (κ2) is 9.99. The summed E-state index contributed by atoms with van der Waals surface area (Å²) in [5.74, 6) is 0. The Labute approximate surface area is 207 Å². The standard InChI is InChI=1S/C16H14P.C10H15.2ClH.Hf/c1-12-11-13-7-5-6-10-15(13)16(12)17-14-8-3-2-4-9-14;1-7-6-10(4,5)9(3)8(7)2;;;/h2-11,17H,1H3;1-5H3;2*1H;/q;;;;+2/p-2. The van der Waals surface area contributed by atoms with Gasteiger partial charge in [-0.05, 0) is 0 Å². The number of halogens is 2. The van der Waals surface area contributed by atoms with Crippen LogP contribution >= 0.6 is 8.58 Å². The van der Waals surface area contributed by atoms with Crippen molar-refractivity contribution in [3.05, 3.63) is 91.3 Å². The van der Waals surface area contributed by atoms with Crippen molar-refractivity contribution in [3.63, 3.8) is 0 Å². The molecule has 4 rings (SSSR count). The number of hydrogen-bond acceptors (Lipinski definition) is 0. The Bertz CT molecular complexity index is 1030. The molecule has 2 aliphatic carbocycles. The van der Waals surface area contributed by atoms with E-state index >= 15 is 0 Å². The molecule has 2 aromatic rings. The molecule has 2 atom stereocenters. The van der Waals surface area contributed by atoms with Gasteiger partial charge in [-0.1, -0.05) is 0 Å². The van der Waals surface area contributed by atoms with Gasteiger partial charge in [0.15, 0.2) is 0 Å². The first kappa shape index (κ1) is 25.8. The summed E-state index contributed by atoms with van der Waals surface area (Å²) in [6.07, 6.45) is 0. The third-order valence-electron chi connectivity index (χ3n) is 6.76. The molecule has 0 heterocycles. The van der Waals surface area contributed by atoms with Gasteiger partial charge in [0, 0.05) is 0 Å². The smallest absolute Gasteiger partial charge is 1.00 e. The van der Waals surface area contributed by atoms with E-state index in [2.05, 4.69) is 96.1 Å². The summed E-state index contributed by atoms with van der Waals surface area (Å²) in [6, 6.07) is 20.2. The Hall–Kier alpha value is -0.460. The van der Waals surface area contributed by atoms with Crippen LogP contribution in [0, 0.1) is 5.41 Å². The molecular weight excluding hydrogens is 593 g/mol. The van der Waals surface area contributed by atoms with Crippen LogP contribution in [0.3, 0.4) is 0 Å². The van der Waals surface area contributed by atoms with Gasteiger partial charge < -0.3 is 24.8 Å². The SMILES string of the molecule is CC1=C(C)C(C)(C)[C]([Hf+2][CH]2C(C)=C(Pc3ccccc3)c3ccccc32)=C1C.[Cl-].[Cl-]. The molecule has 0 saturated carbocycles. The molecule has 0 N–H and O–H groups in total. The zero-order valence-electron chi connectivity index (χ0n) is 18.5. The monoisotopic (exact) mass is 622 g/mol. The molecule has 0 fully saturated rings. The molecule has 0 nitrogen and oxygen atoms in total. The summed E-state index contributed by atoms with van der Waals surface area (Å²) in [5, 5.41) is 3.06. The Kier molecular flexibility index (Phi) is 8.59. The van der Waals surface area contributed by atoms with Crippen molar-refractivity contribution in [2.45, 2.75) is 45.2 Å². The number of rotatable bonds is 4. The summed E-state index contributed by atoms with van der Waals surface area (Å²) < 4.78 is 2.52. The van der Waals surface area contributed by atoms with Crippen LogP contribution in [-0.2, 0) is 22.9 Å². The van der Waals surface area contributed by atoms with Crippen LogP contribution in [0.2, 0.25) is 0 Å². The molecule has 0 aliphatic heterocycles. The van der Waals surface area contributed by atoms with Gasteiger partial charge in [-0.2, -0.15) is 0 Å². The van der Waals surface area contributed by atoms with E-state index in [1.807, 2.05) is 3.33 Å². The van der Waals surface area contributed by atoms with Gasteiger partial charge in [0.05, 0.1) is 0 Å². The topological polar surface area (TPSA) is 0 Å². The zero-order valence-corrected chi connectivity index (χ0v) is 24.6. The van der Waals surface area contributed by atoms with E-state index < -0.39 is 22.9 Å². The van der Waals surface area contributed by atoms with Crippen LogP contribution in [-0.4, -0.2) is 0 Å². The molecule has 0 saturated heterocycles. The Morgan fingerprint density at radius 1 is 0.800 bits per heavy atom. The quantitative estimate of drug-likeness (QED) is 0.356. The predicted molar refractivity (Wildman–Crippen MR) is 121 cm³/mol. The van der Waals surface area contributed by atoms with Crippen LogP contribution in [0.15, 0.2) is 80.2 Å². The van der Waals surface area contributed by atoms with E-state index in [0.717, 1.165) is 8.58 Å². The number of allylic oxidation sites excluding steroid dienone is 5. The van der Waals surface area contributed by atoms with Crippen molar-refractivity contribution in [3.8, 4) is 0 Å². The van der Waals surface area contributed by atoms with Crippen LogP contribution in [0.5, 0.6) is 0 Å². The summed E-state index contributed by atoms with van der Waals surface area (Å²) >= 11 is -1.08. The second-order valence-electron chi connectivity index (χ2n) is 8.59. The molecule has 0 spiro atoms. The normalized spacial score (nSPS) is 19.7. The van der Waals surface area contributed by atoms with Crippen molar-refractivity contribution in [1.82, 2.24) is 0 Å². The molecule has 0 bridgehead atoms. The maximum absolute atomic E-state index is 2.46. The fourth-order valence-electron chi connectivity index (χ4n) is 4.61. The van der Waals surface area contributed by atoms with Crippen molar-refractivity contribution in [1.29, 1.82) is 0 Å². The minimum absolute atomic E-state index is 0. The fourth-order valence-corrected chi connectivity index (χ4v) is 13.7. The molecule has 4 heteroatoms. The molecule has 2 unspecified atom stereocenters. The minimum atomic E-state index is -1.08. The van der Waals surface area contributed by atoms with Gasteiger partial charge in [-0.15, -0.1) is 0 Å². The largest absolute Gasteiger partial charge is 1.00 e. The Morgan fingerprint density at radius 2 is 1.40 bits per heavy atom. The number of benzene rings is 2. The minimum Gasteiger partial charge on any atom is -1.00 e. The van der Waals surface area contributed by atoms with E-state index in [-0.39, 0.29) is 30.2 Å². The van der Waals surface area contributed by atoms with E-state index in [0.29, 0.717) is 3.67 Å². The van der Waals surface area contributed by atoms with Gasteiger partial charge in [-0.3, -0.25) is 0 Å². The molecule has 156 valence electrons. The van der Waals surface area contributed by atoms with E-state index in [1.165, 1.54) is 10.9 Å². The molecule has 30 heavy (non-hydrogen) atoms. The third kappa shape index (κ3) is 4.38.